The minimum absolute atomic E-state index is 0.283. The van der Waals surface area contributed by atoms with E-state index in [9.17, 15) is 9.90 Å². The highest BCUT2D eigenvalue weighted by molar-refractivity contribution is 5.93. The largest absolute Gasteiger partial charge is 0.476 e. The molecule has 0 aromatic carbocycles. The van der Waals surface area contributed by atoms with E-state index in [4.69, 9.17) is 0 Å². The molecule has 1 fully saturated rings. The van der Waals surface area contributed by atoms with Crippen molar-refractivity contribution >= 4 is 17.4 Å². The Bertz CT molecular complexity index is 650. The molecule has 1 unspecified atom stereocenters. The lowest BCUT2D eigenvalue weighted by Crippen LogP contribution is -2.35. The van der Waals surface area contributed by atoms with E-state index in [2.05, 4.69) is 16.8 Å². The topological polar surface area (TPSA) is 57.8 Å². The summed E-state index contributed by atoms with van der Waals surface area (Å²) < 4.78 is 1.68. The van der Waals surface area contributed by atoms with Gasteiger partial charge in [0.15, 0.2) is 11.5 Å². The lowest BCUT2D eigenvalue weighted by atomic mass is 10.1. The second kappa shape index (κ2) is 5.76. The molecule has 0 amide bonds. The predicted molar refractivity (Wildman–Crippen MR) is 82.0 cm³/mol. The van der Waals surface area contributed by atoms with Crippen LogP contribution < -0.4 is 4.90 Å². The third kappa shape index (κ3) is 2.48. The highest BCUT2D eigenvalue weighted by Gasteiger charge is 2.28. The molecule has 1 N–H and O–H groups in total. The van der Waals surface area contributed by atoms with Gasteiger partial charge in [0.2, 0.25) is 0 Å². The van der Waals surface area contributed by atoms with E-state index in [0.29, 0.717) is 17.5 Å². The Labute approximate surface area is 124 Å². The van der Waals surface area contributed by atoms with E-state index < -0.39 is 5.97 Å². The lowest BCUT2D eigenvalue weighted by molar-refractivity contribution is 0.0690. The average Bonchev–Trinajstić information content (AvgIpc) is 2.71. The number of carboxylic acid groups (broad SMARTS) is 1. The number of hydrogen-bond acceptors (Lipinski definition) is 3. The summed E-state index contributed by atoms with van der Waals surface area (Å²) >= 11 is 0. The Morgan fingerprint density at radius 3 is 3.00 bits per heavy atom. The maximum absolute atomic E-state index is 11.7. The molecule has 1 saturated heterocycles. The summed E-state index contributed by atoms with van der Waals surface area (Å²) in [6, 6.07) is 5.96. The highest BCUT2D eigenvalue weighted by Crippen LogP contribution is 2.29. The van der Waals surface area contributed by atoms with Crippen LogP contribution in [0.5, 0.6) is 0 Å². The number of hydrogen-bond donors (Lipinski definition) is 1. The number of aromatic carboxylic acids is 1. The second-order valence-corrected chi connectivity index (χ2v) is 5.62. The van der Waals surface area contributed by atoms with E-state index in [1.54, 1.807) is 10.6 Å². The molecule has 0 saturated carbocycles. The summed E-state index contributed by atoms with van der Waals surface area (Å²) in [7, 11) is 0. The van der Waals surface area contributed by atoms with Gasteiger partial charge in [-0.3, -0.25) is 4.40 Å². The number of aromatic nitrogens is 2. The second-order valence-electron chi connectivity index (χ2n) is 5.62. The number of pyridine rings is 1. The monoisotopic (exact) mass is 287 g/mol. The molecule has 0 bridgehead atoms. The normalized spacial score (nSPS) is 19.7. The predicted octanol–water partition coefficient (Wildman–Crippen LogP) is 3.19. The van der Waals surface area contributed by atoms with Crippen molar-refractivity contribution < 1.29 is 9.90 Å². The zero-order chi connectivity index (χ0) is 14.8. The molecule has 5 nitrogen and oxygen atoms in total. The smallest absolute Gasteiger partial charge is 0.356 e. The molecule has 1 aliphatic heterocycles. The van der Waals surface area contributed by atoms with Crippen molar-refractivity contribution in [1.82, 2.24) is 9.38 Å². The summed E-state index contributed by atoms with van der Waals surface area (Å²) in [5.41, 5.74) is 0.981. The number of anilines is 1. The van der Waals surface area contributed by atoms with Crippen LogP contribution in [0.25, 0.3) is 5.65 Å². The number of fused-ring (bicyclic) bond motifs is 1. The number of carbonyl (C=O) groups is 1. The Kier molecular flexibility index (Phi) is 3.82. The van der Waals surface area contributed by atoms with Crippen molar-refractivity contribution in [2.24, 2.45) is 0 Å². The molecule has 2 aromatic heterocycles. The van der Waals surface area contributed by atoms with Gasteiger partial charge in [0, 0.05) is 18.8 Å². The Hall–Kier alpha value is -2.04. The van der Waals surface area contributed by atoms with Crippen LogP contribution >= 0.6 is 0 Å². The molecule has 3 heterocycles. The van der Waals surface area contributed by atoms with Gasteiger partial charge in [0.1, 0.15) is 5.65 Å². The first-order valence-corrected chi connectivity index (χ1v) is 7.69. The number of rotatable bonds is 3. The molecule has 112 valence electrons. The van der Waals surface area contributed by atoms with Crippen molar-refractivity contribution in [3.63, 3.8) is 0 Å². The molecule has 1 atom stereocenters. The van der Waals surface area contributed by atoms with Crippen molar-refractivity contribution in [1.29, 1.82) is 0 Å². The number of nitrogens with zero attached hydrogens (tertiary/aromatic N) is 3. The summed E-state index contributed by atoms with van der Waals surface area (Å²) in [6.07, 6.45) is 7.43. The zero-order valence-electron chi connectivity index (χ0n) is 12.3. The molecular formula is C16H21N3O2. The van der Waals surface area contributed by atoms with Crippen molar-refractivity contribution in [3.05, 3.63) is 30.1 Å². The van der Waals surface area contributed by atoms with Gasteiger partial charge in [-0.25, -0.2) is 9.78 Å². The van der Waals surface area contributed by atoms with E-state index in [1.165, 1.54) is 12.8 Å². The fraction of sp³-hybridized carbons (Fsp3) is 0.500. The van der Waals surface area contributed by atoms with Gasteiger partial charge >= 0.3 is 5.97 Å². The highest BCUT2D eigenvalue weighted by atomic mass is 16.4. The molecular weight excluding hydrogens is 266 g/mol. The molecule has 21 heavy (non-hydrogen) atoms. The van der Waals surface area contributed by atoms with Crippen LogP contribution in [0.1, 0.15) is 49.5 Å². The van der Waals surface area contributed by atoms with E-state index in [0.717, 1.165) is 25.8 Å². The van der Waals surface area contributed by atoms with Crippen LogP contribution in [-0.2, 0) is 0 Å². The van der Waals surface area contributed by atoms with Gasteiger partial charge in [-0.2, -0.15) is 0 Å². The Balaban J connectivity index is 2.13. The number of imidazole rings is 1. The van der Waals surface area contributed by atoms with Crippen LogP contribution in [0.2, 0.25) is 0 Å². The summed E-state index contributed by atoms with van der Waals surface area (Å²) in [5.74, 6) is -0.287. The molecule has 1 aliphatic rings. The third-order valence-corrected chi connectivity index (χ3v) is 4.33. The van der Waals surface area contributed by atoms with Crippen LogP contribution in [0.3, 0.4) is 0 Å². The van der Waals surface area contributed by atoms with Gasteiger partial charge in [-0.1, -0.05) is 25.8 Å². The first kappa shape index (κ1) is 13.9. The van der Waals surface area contributed by atoms with Gasteiger partial charge in [-0.15, -0.1) is 0 Å². The van der Waals surface area contributed by atoms with Crippen LogP contribution in [0.15, 0.2) is 24.4 Å². The lowest BCUT2D eigenvalue weighted by Gasteiger charge is -2.29. The fourth-order valence-corrected chi connectivity index (χ4v) is 3.26. The zero-order valence-corrected chi connectivity index (χ0v) is 12.3. The minimum Gasteiger partial charge on any atom is -0.476 e. The standard InChI is InChI=1S/C16H21N3O2/c1-2-12-8-4-3-6-10-18(12)15-14(16(20)21)19-11-7-5-9-13(19)17-15/h5,7,9,11-12H,2-4,6,8,10H2,1H3,(H,20,21). The maximum Gasteiger partial charge on any atom is 0.356 e. The van der Waals surface area contributed by atoms with Gasteiger partial charge in [0.05, 0.1) is 0 Å². The van der Waals surface area contributed by atoms with Crippen LogP contribution in [-0.4, -0.2) is 33.0 Å². The maximum atomic E-state index is 11.7. The van der Waals surface area contributed by atoms with Crippen LogP contribution in [0.4, 0.5) is 5.82 Å². The molecule has 3 rings (SSSR count). The molecule has 0 radical (unpaired) electrons. The molecule has 0 aliphatic carbocycles. The third-order valence-electron chi connectivity index (χ3n) is 4.33. The molecule has 0 spiro atoms. The fourth-order valence-electron chi connectivity index (χ4n) is 3.26. The van der Waals surface area contributed by atoms with E-state index in [-0.39, 0.29) is 5.69 Å². The van der Waals surface area contributed by atoms with E-state index in [1.807, 2.05) is 18.2 Å². The number of carboxylic acids is 1. The quantitative estimate of drug-likeness (QED) is 0.942. The molecule has 5 heteroatoms. The minimum atomic E-state index is -0.914. The van der Waals surface area contributed by atoms with Gasteiger partial charge in [-0.05, 0) is 31.4 Å². The first-order chi connectivity index (χ1) is 10.2. The van der Waals surface area contributed by atoms with Gasteiger partial charge in [0.25, 0.3) is 0 Å². The van der Waals surface area contributed by atoms with Crippen molar-refractivity contribution in [3.8, 4) is 0 Å². The van der Waals surface area contributed by atoms with E-state index >= 15 is 0 Å². The summed E-state index contributed by atoms with van der Waals surface area (Å²) in [6.45, 7) is 3.06. The summed E-state index contributed by atoms with van der Waals surface area (Å²) in [4.78, 5) is 18.6. The average molecular weight is 287 g/mol. The van der Waals surface area contributed by atoms with Crippen molar-refractivity contribution in [2.75, 3.05) is 11.4 Å². The SMILES string of the molecule is CCC1CCCCCN1c1nc2ccccn2c1C(=O)O. The Morgan fingerprint density at radius 2 is 2.24 bits per heavy atom. The van der Waals surface area contributed by atoms with Crippen molar-refractivity contribution in [2.45, 2.75) is 45.1 Å². The molecule has 2 aromatic rings. The van der Waals surface area contributed by atoms with Gasteiger partial charge < -0.3 is 10.0 Å². The Morgan fingerprint density at radius 1 is 1.38 bits per heavy atom. The van der Waals surface area contributed by atoms with Crippen LogP contribution in [0, 0.1) is 0 Å². The first-order valence-electron chi connectivity index (χ1n) is 7.69. The summed E-state index contributed by atoms with van der Waals surface area (Å²) in [5, 5.41) is 9.62.